The summed E-state index contributed by atoms with van der Waals surface area (Å²) in [5.74, 6) is -0.125. The Kier molecular flexibility index (Phi) is 4.16. The van der Waals surface area contributed by atoms with Crippen molar-refractivity contribution in [2.24, 2.45) is 0 Å². The van der Waals surface area contributed by atoms with Crippen molar-refractivity contribution in [3.8, 4) is 0 Å². The number of aryl methyl sites for hydroxylation is 1. The Hall–Kier alpha value is -1.88. The maximum Gasteiger partial charge on any atom is 0.253 e. The lowest BCUT2D eigenvalue weighted by Crippen LogP contribution is -2.34. The zero-order chi connectivity index (χ0) is 13.8. The van der Waals surface area contributed by atoms with Crippen LogP contribution in [0, 0.1) is 6.92 Å². The Labute approximate surface area is 116 Å². The van der Waals surface area contributed by atoms with Crippen LogP contribution >= 0.6 is 11.3 Å². The fourth-order valence-electron chi connectivity index (χ4n) is 1.89. The van der Waals surface area contributed by atoms with Gasteiger partial charge in [-0.2, -0.15) is 11.3 Å². The highest BCUT2D eigenvalue weighted by molar-refractivity contribution is 7.07. The van der Waals surface area contributed by atoms with Gasteiger partial charge in [0.1, 0.15) is 0 Å². The van der Waals surface area contributed by atoms with Crippen LogP contribution in [0.4, 0.5) is 5.69 Å². The second kappa shape index (κ2) is 5.84. The zero-order valence-electron chi connectivity index (χ0n) is 11.0. The average Bonchev–Trinajstić information content (AvgIpc) is 2.84. The van der Waals surface area contributed by atoms with Crippen molar-refractivity contribution in [1.82, 2.24) is 10.3 Å². The number of thiophene rings is 1. The molecule has 100 valence electrons. The number of carbonyl (C=O) groups is 1. The molecule has 0 saturated carbocycles. The van der Waals surface area contributed by atoms with Crippen molar-refractivity contribution >= 4 is 22.9 Å². The lowest BCUT2D eigenvalue weighted by Gasteiger charge is -2.14. The van der Waals surface area contributed by atoms with Gasteiger partial charge in [-0.05, 0) is 48.7 Å². The predicted octanol–water partition coefficient (Wildman–Crippen LogP) is 2.39. The molecule has 0 spiro atoms. The predicted molar refractivity (Wildman–Crippen MR) is 78.3 cm³/mol. The number of anilines is 1. The van der Waals surface area contributed by atoms with Gasteiger partial charge in [0.15, 0.2) is 0 Å². The van der Waals surface area contributed by atoms with Gasteiger partial charge < -0.3 is 11.1 Å². The molecular weight excluding hydrogens is 258 g/mol. The fourth-order valence-corrected chi connectivity index (χ4v) is 2.58. The summed E-state index contributed by atoms with van der Waals surface area (Å²) in [5, 5.41) is 7.10. The number of nitrogens with zero attached hydrogens (tertiary/aromatic N) is 1. The van der Waals surface area contributed by atoms with Gasteiger partial charge in [-0.15, -0.1) is 0 Å². The zero-order valence-corrected chi connectivity index (χ0v) is 11.8. The summed E-state index contributed by atoms with van der Waals surface area (Å²) in [6, 6.07) is 3.80. The van der Waals surface area contributed by atoms with E-state index in [1.165, 1.54) is 5.56 Å². The Morgan fingerprint density at radius 1 is 1.58 bits per heavy atom. The van der Waals surface area contributed by atoms with E-state index in [1.807, 2.05) is 12.3 Å². The molecular formula is C14H17N3OS. The molecule has 1 amide bonds. The maximum absolute atomic E-state index is 12.2. The molecule has 0 bridgehead atoms. The van der Waals surface area contributed by atoms with Crippen molar-refractivity contribution in [2.75, 3.05) is 5.73 Å². The standard InChI is InChI=1S/C14H17N3OS/c1-9(5-11-3-4-19-8-11)17-14(18)13-6-12(15)7-16-10(13)2/h3-4,6-9H,5,15H2,1-2H3,(H,17,18). The van der Waals surface area contributed by atoms with Crippen LogP contribution in [0.3, 0.4) is 0 Å². The van der Waals surface area contributed by atoms with Gasteiger partial charge in [0.25, 0.3) is 5.91 Å². The molecule has 19 heavy (non-hydrogen) atoms. The third-order valence-corrected chi connectivity index (χ3v) is 3.58. The van der Waals surface area contributed by atoms with Gasteiger partial charge in [0.05, 0.1) is 23.1 Å². The number of hydrogen-bond acceptors (Lipinski definition) is 4. The Balaban J connectivity index is 2.02. The summed E-state index contributed by atoms with van der Waals surface area (Å²) >= 11 is 1.66. The first-order valence-electron chi connectivity index (χ1n) is 6.10. The molecule has 0 radical (unpaired) electrons. The minimum absolute atomic E-state index is 0.0722. The minimum atomic E-state index is -0.125. The maximum atomic E-state index is 12.2. The van der Waals surface area contributed by atoms with Crippen molar-refractivity contribution in [3.05, 3.63) is 45.9 Å². The summed E-state index contributed by atoms with van der Waals surface area (Å²) in [4.78, 5) is 16.3. The SMILES string of the molecule is Cc1ncc(N)cc1C(=O)NC(C)Cc1ccsc1. The van der Waals surface area contributed by atoms with Crippen LogP contribution in [0.15, 0.2) is 29.1 Å². The van der Waals surface area contributed by atoms with Crippen LogP contribution < -0.4 is 11.1 Å². The number of nitrogens with two attached hydrogens (primary N) is 1. The second-order valence-electron chi connectivity index (χ2n) is 4.61. The van der Waals surface area contributed by atoms with Crippen LogP contribution in [0.2, 0.25) is 0 Å². The highest BCUT2D eigenvalue weighted by atomic mass is 32.1. The quantitative estimate of drug-likeness (QED) is 0.900. The normalized spacial score (nSPS) is 12.1. The minimum Gasteiger partial charge on any atom is -0.397 e. The van der Waals surface area contributed by atoms with Gasteiger partial charge in [-0.25, -0.2) is 0 Å². The molecule has 0 aliphatic rings. The largest absolute Gasteiger partial charge is 0.397 e. The van der Waals surface area contributed by atoms with Crippen LogP contribution in [-0.4, -0.2) is 16.9 Å². The second-order valence-corrected chi connectivity index (χ2v) is 5.39. The highest BCUT2D eigenvalue weighted by Gasteiger charge is 2.13. The van der Waals surface area contributed by atoms with E-state index in [1.54, 1.807) is 30.5 Å². The number of pyridine rings is 1. The van der Waals surface area contributed by atoms with Crippen LogP contribution in [0.5, 0.6) is 0 Å². The van der Waals surface area contributed by atoms with Crippen LogP contribution in [-0.2, 0) is 6.42 Å². The lowest BCUT2D eigenvalue weighted by molar-refractivity contribution is 0.0939. The third kappa shape index (κ3) is 3.54. The molecule has 5 heteroatoms. The fraction of sp³-hybridized carbons (Fsp3) is 0.286. The highest BCUT2D eigenvalue weighted by Crippen LogP contribution is 2.11. The first-order valence-corrected chi connectivity index (χ1v) is 7.04. The van der Waals surface area contributed by atoms with Gasteiger partial charge >= 0.3 is 0 Å². The number of nitrogen functional groups attached to an aromatic ring is 1. The first kappa shape index (κ1) is 13.5. The molecule has 0 aliphatic heterocycles. The van der Waals surface area contributed by atoms with E-state index in [-0.39, 0.29) is 11.9 Å². The molecule has 2 aromatic rings. The molecule has 3 N–H and O–H groups in total. The molecule has 2 rings (SSSR count). The Bertz CT molecular complexity index is 566. The first-order chi connectivity index (χ1) is 9.06. The lowest BCUT2D eigenvalue weighted by atomic mass is 10.1. The van der Waals surface area contributed by atoms with Crippen LogP contribution in [0.1, 0.15) is 28.5 Å². The summed E-state index contributed by atoms with van der Waals surface area (Å²) in [6.45, 7) is 3.79. The van der Waals surface area contributed by atoms with Crippen molar-refractivity contribution in [3.63, 3.8) is 0 Å². The van der Waals surface area contributed by atoms with E-state index < -0.39 is 0 Å². The van der Waals surface area contributed by atoms with E-state index in [4.69, 9.17) is 5.73 Å². The van der Waals surface area contributed by atoms with Gasteiger partial charge in [-0.1, -0.05) is 0 Å². The van der Waals surface area contributed by atoms with Crippen molar-refractivity contribution in [2.45, 2.75) is 26.3 Å². The third-order valence-electron chi connectivity index (χ3n) is 2.85. The monoisotopic (exact) mass is 275 g/mol. The molecule has 2 aromatic heterocycles. The van der Waals surface area contributed by atoms with Gasteiger partial charge in [0.2, 0.25) is 0 Å². The summed E-state index contributed by atoms with van der Waals surface area (Å²) in [5.41, 5.74) is 8.63. The van der Waals surface area contributed by atoms with Crippen molar-refractivity contribution < 1.29 is 4.79 Å². The molecule has 4 nitrogen and oxygen atoms in total. The van der Waals surface area contributed by atoms with E-state index in [2.05, 4.69) is 21.7 Å². The van der Waals surface area contributed by atoms with E-state index >= 15 is 0 Å². The average molecular weight is 275 g/mol. The van der Waals surface area contributed by atoms with Crippen LogP contribution in [0.25, 0.3) is 0 Å². The molecule has 0 aromatic carbocycles. The summed E-state index contributed by atoms with van der Waals surface area (Å²) in [6.07, 6.45) is 2.38. The van der Waals surface area contributed by atoms with E-state index in [0.717, 1.165) is 6.42 Å². The number of rotatable bonds is 4. The molecule has 0 saturated heterocycles. The number of nitrogens with one attached hydrogen (secondary N) is 1. The molecule has 0 aliphatic carbocycles. The van der Waals surface area contributed by atoms with E-state index in [9.17, 15) is 4.79 Å². The van der Waals surface area contributed by atoms with Gasteiger partial charge in [0, 0.05) is 6.04 Å². The Morgan fingerprint density at radius 3 is 3.05 bits per heavy atom. The number of hydrogen-bond donors (Lipinski definition) is 2. The number of aromatic nitrogens is 1. The van der Waals surface area contributed by atoms with Gasteiger partial charge in [-0.3, -0.25) is 9.78 Å². The smallest absolute Gasteiger partial charge is 0.253 e. The molecule has 0 fully saturated rings. The number of carbonyl (C=O) groups excluding carboxylic acids is 1. The molecule has 1 unspecified atom stereocenters. The topological polar surface area (TPSA) is 68.0 Å². The Morgan fingerprint density at radius 2 is 2.37 bits per heavy atom. The molecule has 1 atom stereocenters. The summed E-state index contributed by atoms with van der Waals surface area (Å²) in [7, 11) is 0. The van der Waals surface area contributed by atoms with E-state index in [0.29, 0.717) is 16.9 Å². The van der Waals surface area contributed by atoms with Crippen molar-refractivity contribution in [1.29, 1.82) is 0 Å². The summed E-state index contributed by atoms with van der Waals surface area (Å²) < 4.78 is 0. The molecule has 2 heterocycles. The number of amides is 1.